The van der Waals surface area contributed by atoms with E-state index in [1.165, 1.54) is 11.6 Å². The van der Waals surface area contributed by atoms with Crippen molar-refractivity contribution in [1.29, 1.82) is 0 Å². The summed E-state index contributed by atoms with van der Waals surface area (Å²) in [5.74, 6) is 0.406. The molecule has 2 atom stereocenters. The third-order valence-electron chi connectivity index (χ3n) is 7.49. The zero-order valence-electron chi connectivity index (χ0n) is 21.7. The number of nitrogens with one attached hydrogen (secondary N) is 2. The molecule has 0 saturated heterocycles. The fourth-order valence-corrected chi connectivity index (χ4v) is 5.65. The van der Waals surface area contributed by atoms with Gasteiger partial charge in [0.25, 0.3) is 0 Å². The summed E-state index contributed by atoms with van der Waals surface area (Å²) >= 11 is 0. The summed E-state index contributed by atoms with van der Waals surface area (Å²) in [5.41, 5.74) is 2.91. The van der Waals surface area contributed by atoms with Crippen LogP contribution in [0.4, 0.5) is 9.18 Å². The van der Waals surface area contributed by atoms with Gasteiger partial charge in [-0.1, -0.05) is 36.4 Å². The van der Waals surface area contributed by atoms with E-state index in [1.54, 1.807) is 6.07 Å². The number of alkyl carbamates (subject to hydrolysis) is 1. The number of benzene rings is 2. The Morgan fingerprint density at radius 3 is 2.42 bits per heavy atom. The van der Waals surface area contributed by atoms with E-state index in [9.17, 15) is 14.0 Å². The molecular weight excluding hydrogens is 455 g/mol. The number of amides is 2. The normalized spacial score (nSPS) is 23.9. The molecule has 1 fully saturated rings. The van der Waals surface area contributed by atoms with Crippen molar-refractivity contribution in [1.82, 2.24) is 10.6 Å². The van der Waals surface area contributed by atoms with Gasteiger partial charge in [-0.25, -0.2) is 9.18 Å². The number of rotatable bonds is 6. The van der Waals surface area contributed by atoms with Gasteiger partial charge < -0.3 is 15.4 Å². The van der Waals surface area contributed by atoms with Crippen LogP contribution in [0, 0.1) is 17.7 Å². The molecule has 0 heterocycles. The lowest BCUT2D eigenvalue weighted by molar-refractivity contribution is -0.127. The Labute approximate surface area is 214 Å². The highest BCUT2D eigenvalue weighted by Crippen LogP contribution is 2.36. The zero-order chi connectivity index (χ0) is 25.7. The molecule has 36 heavy (non-hydrogen) atoms. The Bertz CT molecular complexity index is 1040. The second-order valence-corrected chi connectivity index (χ2v) is 11.4. The van der Waals surface area contributed by atoms with Crippen molar-refractivity contribution >= 4 is 12.0 Å². The van der Waals surface area contributed by atoms with Crippen LogP contribution in [0.3, 0.4) is 0 Å². The van der Waals surface area contributed by atoms with Gasteiger partial charge >= 0.3 is 6.09 Å². The smallest absolute Gasteiger partial charge is 0.407 e. The van der Waals surface area contributed by atoms with Crippen molar-refractivity contribution in [2.45, 2.75) is 83.3 Å². The maximum atomic E-state index is 13.9. The molecule has 2 aliphatic carbocycles. The standard InChI is InChI=1S/C30H39FN2O3/c1-30(2,3)36-29(35)32-19-21-9-11-22(12-10-21)28(34)33-27-16-13-23-18-24(31)14-15-25(23)26(27)17-20-7-5-4-6-8-20/h4-8,14-15,18,21-22,26-27H,9-13,16-17,19H2,1-3H3,(H,32,35)(H,33,34). The third-order valence-corrected chi connectivity index (χ3v) is 7.49. The van der Waals surface area contributed by atoms with Crippen LogP contribution < -0.4 is 10.6 Å². The Morgan fingerprint density at radius 1 is 1.00 bits per heavy atom. The van der Waals surface area contributed by atoms with Crippen LogP contribution in [0.25, 0.3) is 0 Å². The van der Waals surface area contributed by atoms with Crippen molar-refractivity contribution in [2.75, 3.05) is 6.54 Å². The first-order valence-corrected chi connectivity index (χ1v) is 13.3. The van der Waals surface area contributed by atoms with E-state index in [0.717, 1.165) is 56.1 Å². The average molecular weight is 495 g/mol. The molecule has 0 bridgehead atoms. The fourth-order valence-electron chi connectivity index (χ4n) is 5.65. The Balaban J connectivity index is 1.34. The number of ether oxygens (including phenoxy) is 1. The van der Waals surface area contributed by atoms with Crippen LogP contribution in [-0.2, 0) is 22.4 Å². The minimum atomic E-state index is -0.508. The number of hydrogen-bond donors (Lipinski definition) is 2. The van der Waals surface area contributed by atoms with Gasteiger partial charge in [-0.3, -0.25) is 4.79 Å². The predicted molar refractivity (Wildman–Crippen MR) is 139 cm³/mol. The topological polar surface area (TPSA) is 67.4 Å². The molecule has 2 aromatic carbocycles. The molecule has 0 aliphatic heterocycles. The molecule has 0 radical (unpaired) electrons. The van der Waals surface area contributed by atoms with E-state index in [4.69, 9.17) is 4.74 Å². The highest BCUT2D eigenvalue weighted by molar-refractivity contribution is 5.79. The van der Waals surface area contributed by atoms with E-state index in [-0.39, 0.29) is 35.7 Å². The molecule has 4 rings (SSSR count). The van der Waals surface area contributed by atoms with Gasteiger partial charge in [0.05, 0.1) is 0 Å². The van der Waals surface area contributed by atoms with Gasteiger partial charge in [-0.05, 0) is 100 Å². The van der Waals surface area contributed by atoms with Crippen LogP contribution in [0.5, 0.6) is 0 Å². The minimum Gasteiger partial charge on any atom is -0.444 e. The SMILES string of the molecule is CC(C)(C)OC(=O)NCC1CCC(C(=O)NC2CCc3cc(F)ccc3C2Cc2ccccc2)CC1. The van der Waals surface area contributed by atoms with E-state index in [0.29, 0.717) is 12.5 Å². The van der Waals surface area contributed by atoms with E-state index < -0.39 is 5.60 Å². The van der Waals surface area contributed by atoms with Crippen molar-refractivity contribution in [2.24, 2.45) is 11.8 Å². The van der Waals surface area contributed by atoms with Crippen LogP contribution in [0.15, 0.2) is 48.5 Å². The van der Waals surface area contributed by atoms with Gasteiger partial charge in [-0.2, -0.15) is 0 Å². The zero-order valence-corrected chi connectivity index (χ0v) is 21.7. The van der Waals surface area contributed by atoms with Crippen LogP contribution in [0.2, 0.25) is 0 Å². The number of hydrogen-bond acceptors (Lipinski definition) is 3. The number of aryl methyl sites for hydroxylation is 1. The van der Waals surface area contributed by atoms with Gasteiger partial charge in [-0.15, -0.1) is 0 Å². The van der Waals surface area contributed by atoms with Crippen molar-refractivity contribution in [3.63, 3.8) is 0 Å². The molecule has 2 aromatic rings. The summed E-state index contributed by atoms with van der Waals surface area (Å²) < 4.78 is 19.2. The fraction of sp³-hybridized carbons (Fsp3) is 0.533. The molecule has 0 aromatic heterocycles. The summed E-state index contributed by atoms with van der Waals surface area (Å²) in [7, 11) is 0. The lowest BCUT2D eigenvalue weighted by atomic mass is 9.75. The van der Waals surface area contributed by atoms with E-state index >= 15 is 0 Å². The molecule has 2 amide bonds. The number of carbonyl (C=O) groups excluding carboxylic acids is 2. The minimum absolute atomic E-state index is 0.00485. The summed E-state index contributed by atoms with van der Waals surface area (Å²) in [5, 5.41) is 6.26. The monoisotopic (exact) mass is 494 g/mol. The molecule has 6 heteroatoms. The molecule has 2 unspecified atom stereocenters. The highest BCUT2D eigenvalue weighted by atomic mass is 19.1. The van der Waals surface area contributed by atoms with Gasteiger partial charge in [0.1, 0.15) is 11.4 Å². The Hall–Kier alpha value is -2.89. The Morgan fingerprint density at radius 2 is 1.72 bits per heavy atom. The lowest BCUT2D eigenvalue weighted by Gasteiger charge is -2.36. The third kappa shape index (κ3) is 7.08. The molecule has 2 N–H and O–H groups in total. The van der Waals surface area contributed by atoms with Gasteiger partial charge in [0, 0.05) is 24.4 Å². The van der Waals surface area contributed by atoms with Gasteiger partial charge in [0.2, 0.25) is 5.91 Å². The number of fused-ring (bicyclic) bond motifs is 1. The maximum Gasteiger partial charge on any atom is 0.407 e. The van der Waals surface area contributed by atoms with E-state index in [2.05, 4.69) is 22.8 Å². The van der Waals surface area contributed by atoms with Crippen LogP contribution in [-0.4, -0.2) is 30.2 Å². The maximum absolute atomic E-state index is 13.9. The summed E-state index contributed by atoms with van der Waals surface area (Å²) in [4.78, 5) is 25.2. The number of halogens is 1. The first-order chi connectivity index (χ1) is 17.2. The first kappa shape index (κ1) is 26.2. The van der Waals surface area contributed by atoms with Crippen molar-refractivity contribution in [3.8, 4) is 0 Å². The van der Waals surface area contributed by atoms with Gasteiger partial charge in [0.15, 0.2) is 0 Å². The first-order valence-electron chi connectivity index (χ1n) is 13.3. The number of carbonyl (C=O) groups is 2. The molecule has 2 aliphatic rings. The molecular formula is C30H39FN2O3. The average Bonchev–Trinajstić information content (AvgIpc) is 2.84. The van der Waals surface area contributed by atoms with Crippen molar-refractivity contribution in [3.05, 3.63) is 71.0 Å². The van der Waals surface area contributed by atoms with E-state index in [1.807, 2.05) is 45.0 Å². The van der Waals surface area contributed by atoms with Crippen molar-refractivity contribution < 1.29 is 18.7 Å². The van der Waals surface area contributed by atoms with Crippen LogP contribution in [0.1, 0.15) is 75.5 Å². The molecule has 5 nitrogen and oxygen atoms in total. The largest absolute Gasteiger partial charge is 0.444 e. The summed E-state index contributed by atoms with van der Waals surface area (Å²) in [6.07, 6.45) is 5.48. The second-order valence-electron chi connectivity index (χ2n) is 11.4. The summed E-state index contributed by atoms with van der Waals surface area (Å²) in [6, 6.07) is 15.4. The van der Waals surface area contributed by atoms with Crippen LogP contribution >= 0.6 is 0 Å². The predicted octanol–water partition coefficient (Wildman–Crippen LogP) is 5.91. The summed E-state index contributed by atoms with van der Waals surface area (Å²) in [6.45, 7) is 6.14. The molecule has 1 saturated carbocycles. The molecule has 194 valence electrons. The molecule has 0 spiro atoms. The lowest BCUT2D eigenvalue weighted by Crippen LogP contribution is -2.46. The Kier molecular flexibility index (Phi) is 8.32. The second kappa shape index (κ2) is 11.4. The highest BCUT2D eigenvalue weighted by Gasteiger charge is 2.34. The quantitative estimate of drug-likeness (QED) is 0.524.